The molecule has 3 saturated heterocycles. The van der Waals surface area contributed by atoms with Crippen LogP contribution in [0.15, 0.2) is 60.7 Å². The molecule has 0 aromatic heterocycles. The summed E-state index contributed by atoms with van der Waals surface area (Å²) >= 11 is 0. The number of rotatable bonds is 14. The van der Waals surface area contributed by atoms with E-state index >= 15 is 0 Å². The fourth-order valence-corrected chi connectivity index (χ4v) is 6.39. The Morgan fingerprint density at radius 1 is 0.622 bits per heavy atom. The summed E-state index contributed by atoms with van der Waals surface area (Å²) in [6.45, 7) is 18.3. The highest BCUT2D eigenvalue weighted by atomic mass is 16.7. The first-order valence-electron chi connectivity index (χ1n) is 16.9. The molecule has 0 spiro atoms. The highest BCUT2D eigenvalue weighted by molar-refractivity contribution is 6.48. The van der Waals surface area contributed by atoms with Gasteiger partial charge in [-0.3, -0.25) is 0 Å². The van der Waals surface area contributed by atoms with E-state index in [2.05, 4.69) is 79.7 Å². The highest BCUT2D eigenvalue weighted by Gasteiger charge is 2.61. The Morgan fingerprint density at radius 3 is 1.73 bits per heavy atom. The smallest absolute Gasteiger partial charge is 0.403 e. The first-order chi connectivity index (χ1) is 21.3. The lowest BCUT2D eigenvalue weighted by Gasteiger charge is -2.32. The second kappa shape index (κ2) is 14.2. The van der Waals surface area contributed by atoms with Crippen molar-refractivity contribution in [1.82, 2.24) is 0 Å². The van der Waals surface area contributed by atoms with Gasteiger partial charge in [-0.25, -0.2) is 0 Å². The van der Waals surface area contributed by atoms with Gasteiger partial charge in [0.05, 0.1) is 54.4 Å². The van der Waals surface area contributed by atoms with Crippen molar-refractivity contribution in [3.63, 3.8) is 0 Å². The maximum atomic E-state index is 6.84. The summed E-state index contributed by atoms with van der Waals surface area (Å²) in [6, 6.07) is 20.6. The van der Waals surface area contributed by atoms with Gasteiger partial charge in [-0.05, 0) is 79.3 Å². The Bertz CT molecular complexity index is 1170. The van der Waals surface area contributed by atoms with Gasteiger partial charge in [0.2, 0.25) is 0 Å². The van der Waals surface area contributed by atoms with Crippen LogP contribution < -0.4 is 0 Å². The largest absolute Gasteiger partial charge is 0.466 e. The Labute approximate surface area is 272 Å². The Kier molecular flexibility index (Phi) is 10.9. The summed E-state index contributed by atoms with van der Waals surface area (Å²) in [5.41, 5.74) is 0.780. The monoisotopic (exact) mass is 620 g/mol. The Hall–Kier alpha value is -1.71. The van der Waals surface area contributed by atoms with Gasteiger partial charge in [-0.2, -0.15) is 0 Å². The van der Waals surface area contributed by atoms with Gasteiger partial charge in [-0.1, -0.05) is 79.9 Å². The zero-order valence-electron chi connectivity index (χ0n) is 28.8. The lowest BCUT2D eigenvalue weighted by molar-refractivity contribution is -0.0721. The van der Waals surface area contributed by atoms with E-state index in [1.807, 2.05) is 36.4 Å². The van der Waals surface area contributed by atoms with E-state index in [1.54, 1.807) is 0 Å². The molecule has 3 fully saturated rings. The van der Waals surface area contributed by atoms with Crippen LogP contribution >= 0.6 is 0 Å². The lowest BCUT2D eigenvalue weighted by atomic mass is 9.65. The molecule has 0 unspecified atom stereocenters. The molecular weight excluding hydrogens is 566 g/mol. The van der Waals surface area contributed by atoms with Crippen molar-refractivity contribution in [2.75, 3.05) is 6.61 Å². The minimum absolute atomic E-state index is 0.0809. The van der Waals surface area contributed by atoms with Gasteiger partial charge in [0.15, 0.2) is 0 Å². The van der Waals surface area contributed by atoms with E-state index in [1.165, 1.54) is 0 Å². The van der Waals surface area contributed by atoms with Crippen LogP contribution in [0.3, 0.4) is 0 Å². The molecule has 2 aromatic carbocycles. The minimum atomic E-state index is -0.447. The van der Waals surface area contributed by atoms with E-state index in [-0.39, 0.29) is 42.4 Å². The fraction of sp³-hybridized carbons (Fsp3) is 0.667. The molecule has 0 saturated carbocycles. The molecule has 7 nitrogen and oxygen atoms in total. The topological polar surface area (TPSA) is 64.6 Å². The predicted octanol–water partition coefficient (Wildman–Crippen LogP) is 7.67. The van der Waals surface area contributed by atoms with Crippen molar-refractivity contribution in [2.24, 2.45) is 0 Å². The van der Waals surface area contributed by atoms with Crippen molar-refractivity contribution in [3.8, 4) is 0 Å². The number of benzene rings is 2. The second-order valence-corrected chi connectivity index (χ2v) is 15.0. The molecule has 3 aliphatic rings. The van der Waals surface area contributed by atoms with E-state index < -0.39 is 18.3 Å². The van der Waals surface area contributed by atoms with Crippen molar-refractivity contribution >= 4 is 14.2 Å². The molecule has 0 radical (unpaired) electrons. The van der Waals surface area contributed by atoms with Gasteiger partial charge in [0, 0.05) is 5.82 Å². The maximum absolute atomic E-state index is 6.84. The summed E-state index contributed by atoms with van der Waals surface area (Å²) in [7, 11) is -0.596. The van der Waals surface area contributed by atoms with Crippen LogP contribution in [-0.4, -0.2) is 61.6 Å². The molecule has 0 amide bonds. The summed E-state index contributed by atoms with van der Waals surface area (Å²) in [5.74, 6) is -0.0943. The van der Waals surface area contributed by atoms with Crippen molar-refractivity contribution in [1.29, 1.82) is 0 Å². The van der Waals surface area contributed by atoms with Crippen LogP contribution in [0, 0.1) is 0 Å². The van der Waals surface area contributed by atoms with Crippen molar-refractivity contribution in [3.05, 3.63) is 71.8 Å². The van der Waals surface area contributed by atoms with Gasteiger partial charge < -0.3 is 32.8 Å². The zero-order chi connectivity index (χ0) is 32.3. The maximum Gasteiger partial charge on any atom is 0.466 e. The molecule has 9 heteroatoms. The Balaban J connectivity index is 1.26. The van der Waals surface area contributed by atoms with Crippen LogP contribution in [0.2, 0.25) is 12.1 Å². The third kappa shape index (κ3) is 8.24. The molecular formula is C36H54B2O7. The van der Waals surface area contributed by atoms with E-state index in [4.69, 9.17) is 32.8 Å². The third-order valence-electron chi connectivity index (χ3n) is 10.5. The minimum Gasteiger partial charge on any atom is -0.403 e. The molecule has 246 valence electrons. The summed E-state index contributed by atoms with van der Waals surface area (Å²) in [4.78, 5) is 0. The molecule has 3 aliphatic heterocycles. The molecule has 0 bridgehead atoms. The third-order valence-corrected chi connectivity index (χ3v) is 10.5. The lowest BCUT2D eigenvalue weighted by Crippen LogP contribution is -2.41. The van der Waals surface area contributed by atoms with Crippen LogP contribution in [0.1, 0.15) is 92.2 Å². The summed E-state index contributed by atoms with van der Waals surface area (Å²) in [6.07, 6.45) is 4.32. The van der Waals surface area contributed by atoms with Crippen molar-refractivity contribution in [2.45, 2.75) is 147 Å². The number of hydrogen-bond donors (Lipinski definition) is 0. The molecule has 2 aromatic rings. The molecule has 3 heterocycles. The number of hydrogen-bond acceptors (Lipinski definition) is 7. The predicted molar refractivity (Wildman–Crippen MR) is 179 cm³/mol. The van der Waals surface area contributed by atoms with Crippen molar-refractivity contribution < 1.29 is 32.8 Å². The molecule has 4 atom stereocenters. The van der Waals surface area contributed by atoms with E-state index in [9.17, 15) is 0 Å². The van der Waals surface area contributed by atoms with E-state index in [0.717, 1.165) is 43.1 Å². The first-order valence-corrected chi connectivity index (χ1v) is 16.9. The highest BCUT2D eigenvalue weighted by Crippen LogP contribution is 2.47. The average Bonchev–Trinajstić information content (AvgIpc) is 3.51. The first kappa shape index (κ1) is 34.6. The molecule has 0 N–H and O–H groups in total. The molecule has 45 heavy (non-hydrogen) atoms. The van der Waals surface area contributed by atoms with Crippen LogP contribution in [0.25, 0.3) is 0 Å². The average molecular weight is 620 g/mol. The van der Waals surface area contributed by atoms with Crippen LogP contribution in [-0.2, 0) is 46.0 Å². The summed E-state index contributed by atoms with van der Waals surface area (Å²) < 4.78 is 45.6. The molecule has 5 rings (SSSR count). The SMILES string of the molecule is CC1(C)OB(CCCCC[C@@H]2O[C@H](COCc3ccccc3)[C@@H](OCc3ccccc3)[C@@H]2B2OC(C)(C)C(C)(C)O2)OC1(C)C. The number of unbranched alkanes of at least 4 members (excludes halogenated alkanes) is 2. The molecule has 0 aliphatic carbocycles. The van der Waals surface area contributed by atoms with Gasteiger partial charge in [0.1, 0.15) is 6.10 Å². The fourth-order valence-electron chi connectivity index (χ4n) is 6.39. The van der Waals surface area contributed by atoms with Crippen LogP contribution in [0.5, 0.6) is 0 Å². The van der Waals surface area contributed by atoms with Gasteiger partial charge in [0.25, 0.3) is 0 Å². The zero-order valence-corrected chi connectivity index (χ0v) is 28.8. The standard InChI is InChI=1S/C36H54B2O7/c1-33(2)34(3,4)43-37(42-33)23-17-11-16-22-29-31(38-44-35(5,6)36(7,8)45-38)32(40-25-28-20-14-10-15-21-28)30(41-29)26-39-24-27-18-12-9-13-19-27/h9-10,12-15,18-21,29-32H,11,16-17,22-26H2,1-8H3/t29-,30+,31+,32+/m0/s1. The quantitative estimate of drug-likeness (QED) is 0.159. The summed E-state index contributed by atoms with van der Waals surface area (Å²) in [5, 5.41) is 0. The second-order valence-electron chi connectivity index (χ2n) is 15.0. The van der Waals surface area contributed by atoms with E-state index in [0.29, 0.717) is 19.8 Å². The van der Waals surface area contributed by atoms with Crippen LogP contribution in [0.4, 0.5) is 0 Å². The number of ether oxygens (including phenoxy) is 3. The Morgan fingerprint density at radius 2 is 1.16 bits per heavy atom. The van der Waals surface area contributed by atoms with Gasteiger partial charge in [-0.15, -0.1) is 0 Å². The normalized spacial score (nSPS) is 28.2. The van der Waals surface area contributed by atoms with Gasteiger partial charge >= 0.3 is 14.2 Å².